The Hall–Kier alpha value is -5.17. The maximum absolute atomic E-state index is 12.4. The summed E-state index contributed by atoms with van der Waals surface area (Å²) in [6, 6.07) is 27.5. The number of halogens is 5. The van der Waals surface area contributed by atoms with Crippen LogP contribution >= 0.6 is 23.2 Å². The number of nitrogens with two attached hydrogens (primary N) is 2. The third-order valence-electron chi connectivity index (χ3n) is 7.10. The molecule has 0 saturated heterocycles. The van der Waals surface area contributed by atoms with Gasteiger partial charge in [0.2, 0.25) is 5.91 Å². The van der Waals surface area contributed by atoms with E-state index in [-0.39, 0.29) is 0 Å². The van der Waals surface area contributed by atoms with Crippen LogP contribution in [-0.2, 0) is 9.59 Å². The number of hydrogen-bond donors (Lipinski definition) is 4. The molecule has 240 valence electrons. The highest BCUT2D eigenvalue weighted by atomic mass is 35.5. The Labute approximate surface area is 274 Å². The van der Waals surface area contributed by atoms with E-state index in [0.717, 1.165) is 33.2 Å². The van der Waals surface area contributed by atoms with Crippen molar-refractivity contribution >= 4 is 68.5 Å². The molecule has 0 aliphatic carbocycles. The lowest BCUT2D eigenvalue weighted by Crippen LogP contribution is -2.31. The average molecular weight is 682 g/mol. The molecular formula is C33H24Cl2F3N5O4. The minimum atomic E-state index is -5.08. The van der Waals surface area contributed by atoms with Crippen LogP contribution in [0.2, 0.25) is 10.0 Å². The van der Waals surface area contributed by atoms with Gasteiger partial charge in [-0.25, -0.2) is 14.8 Å². The van der Waals surface area contributed by atoms with Gasteiger partial charge in [-0.2, -0.15) is 13.2 Å². The number of carboxylic acid groups (broad SMARTS) is 1. The van der Waals surface area contributed by atoms with Crippen molar-refractivity contribution in [1.82, 2.24) is 9.97 Å². The summed E-state index contributed by atoms with van der Waals surface area (Å²) in [6.45, 7) is 0. The van der Waals surface area contributed by atoms with Gasteiger partial charge in [0.15, 0.2) is 0 Å². The van der Waals surface area contributed by atoms with Crippen LogP contribution in [0.3, 0.4) is 0 Å². The van der Waals surface area contributed by atoms with Crippen molar-refractivity contribution in [1.29, 1.82) is 0 Å². The standard InChI is InChI=1S/C31H23Cl2N5O2.C2HF3O2/c32-23-12-11-17(14-24(23)33)28(31(35)39)29(34)18-5-3-6-19(13-18)38-27-15-25(36-16-37-27)22-9-4-8-21-20-7-1-2-10-26(20)40-30(21)22;3-2(4,5)1(6)7/h1-16,28-29H,34H2,(H2,35,39)(H,36,37,38);(H,6,7). The summed E-state index contributed by atoms with van der Waals surface area (Å²) in [5.41, 5.74) is 17.5. The molecule has 9 nitrogen and oxygen atoms in total. The highest BCUT2D eigenvalue weighted by Crippen LogP contribution is 2.36. The molecule has 47 heavy (non-hydrogen) atoms. The normalized spacial score (nSPS) is 12.6. The molecule has 0 aliphatic rings. The number of para-hydroxylation sites is 2. The number of primary amides is 1. The molecule has 6 aromatic rings. The molecule has 6 rings (SSSR count). The molecule has 0 aliphatic heterocycles. The first-order valence-electron chi connectivity index (χ1n) is 13.7. The molecule has 2 aromatic heterocycles. The van der Waals surface area contributed by atoms with E-state index in [9.17, 15) is 18.0 Å². The SMILES string of the molecule is NC(=O)C(c1ccc(Cl)c(Cl)c1)C(N)c1cccc(Nc2cc(-c3cccc4c3oc3ccccc34)ncn2)c1.O=C(O)C(F)(F)F. The van der Waals surface area contributed by atoms with E-state index in [4.69, 9.17) is 49.0 Å². The Bertz CT molecular complexity index is 2110. The van der Waals surface area contributed by atoms with E-state index < -0.39 is 30.0 Å². The molecule has 2 heterocycles. The number of aliphatic carboxylic acids is 1. The average Bonchev–Trinajstić information content (AvgIpc) is 3.42. The van der Waals surface area contributed by atoms with Gasteiger partial charge >= 0.3 is 12.1 Å². The molecule has 0 spiro atoms. The Morgan fingerprint density at radius 2 is 1.55 bits per heavy atom. The number of rotatable bonds is 7. The molecule has 6 N–H and O–H groups in total. The Morgan fingerprint density at radius 3 is 2.26 bits per heavy atom. The lowest BCUT2D eigenvalue weighted by Gasteiger charge is -2.23. The maximum Gasteiger partial charge on any atom is 0.490 e. The number of carbonyl (C=O) groups is 2. The number of furan rings is 1. The van der Waals surface area contributed by atoms with Gasteiger partial charge in [0.05, 0.1) is 21.7 Å². The number of carbonyl (C=O) groups excluding carboxylic acids is 1. The molecule has 0 bridgehead atoms. The number of nitrogens with zero attached hydrogens (tertiary/aromatic N) is 2. The number of hydrogen-bond acceptors (Lipinski definition) is 7. The van der Waals surface area contributed by atoms with E-state index in [0.29, 0.717) is 32.7 Å². The predicted molar refractivity (Wildman–Crippen MR) is 173 cm³/mol. The van der Waals surface area contributed by atoms with Gasteiger partial charge in [0.1, 0.15) is 23.3 Å². The zero-order valence-electron chi connectivity index (χ0n) is 24.0. The highest BCUT2D eigenvalue weighted by molar-refractivity contribution is 6.42. The quantitative estimate of drug-likeness (QED) is 0.132. The summed E-state index contributed by atoms with van der Waals surface area (Å²) in [5, 5.41) is 13.2. The van der Waals surface area contributed by atoms with E-state index >= 15 is 0 Å². The van der Waals surface area contributed by atoms with Gasteiger partial charge < -0.3 is 26.3 Å². The van der Waals surface area contributed by atoms with Crippen molar-refractivity contribution < 1.29 is 32.3 Å². The summed E-state index contributed by atoms with van der Waals surface area (Å²) in [5.74, 6) is -3.54. The van der Waals surface area contributed by atoms with E-state index in [1.165, 1.54) is 6.33 Å². The van der Waals surface area contributed by atoms with Crippen molar-refractivity contribution in [3.63, 3.8) is 0 Å². The largest absolute Gasteiger partial charge is 0.490 e. The summed E-state index contributed by atoms with van der Waals surface area (Å²) >= 11 is 12.2. The molecule has 0 fully saturated rings. The third-order valence-corrected chi connectivity index (χ3v) is 7.84. The minimum absolute atomic E-state index is 0.325. The van der Waals surface area contributed by atoms with Gasteiger partial charge in [-0.3, -0.25) is 4.79 Å². The Balaban J connectivity index is 0.000000559. The van der Waals surface area contributed by atoms with Gasteiger partial charge in [-0.15, -0.1) is 0 Å². The van der Waals surface area contributed by atoms with Crippen LogP contribution in [0.25, 0.3) is 33.2 Å². The van der Waals surface area contributed by atoms with Crippen molar-refractivity contribution in [3.05, 3.63) is 118 Å². The number of amides is 1. The predicted octanol–water partition coefficient (Wildman–Crippen LogP) is 8.00. The molecule has 2 unspecified atom stereocenters. The molecule has 0 saturated carbocycles. The smallest absolute Gasteiger partial charge is 0.475 e. The number of aromatic nitrogens is 2. The second-order valence-electron chi connectivity index (χ2n) is 10.2. The number of carboxylic acids is 1. The fourth-order valence-corrected chi connectivity index (χ4v) is 5.25. The third kappa shape index (κ3) is 7.46. The second-order valence-corrected chi connectivity index (χ2v) is 11.0. The maximum atomic E-state index is 12.4. The van der Waals surface area contributed by atoms with Gasteiger partial charge in [0, 0.05) is 34.1 Å². The number of nitrogens with one attached hydrogen (secondary N) is 1. The van der Waals surface area contributed by atoms with Crippen LogP contribution < -0.4 is 16.8 Å². The number of alkyl halides is 3. The molecule has 1 amide bonds. The first-order valence-corrected chi connectivity index (χ1v) is 14.5. The van der Waals surface area contributed by atoms with Crippen LogP contribution in [-0.4, -0.2) is 33.1 Å². The molecule has 2 atom stereocenters. The fourth-order valence-electron chi connectivity index (χ4n) is 4.94. The number of anilines is 2. The van der Waals surface area contributed by atoms with Crippen molar-refractivity contribution in [2.24, 2.45) is 11.5 Å². The van der Waals surface area contributed by atoms with Crippen molar-refractivity contribution in [3.8, 4) is 11.3 Å². The second kappa shape index (κ2) is 13.7. The Morgan fingerprint density at radius 1 is 0.851 bits per heavy atom. The van der Waals surface area contributed by atoms with Crippen molar-refractivity contribution in [2.75, 3.05) is 5.32 Å². The van der Waals surface area contributed by atoms with Crippen LogP contribution in [0.5, 0.6) is 0 Å². The van der Waals surface area contributed by atoms with Crippen LogP contribution in [0, 0.1) is 0 Å². The fraction of sp³-hybridized carbons (Fsp3) is 0.0909. The molecule has 14 heteroatoms. The van der Waals surface area contributed by atoms with E-state index in [1.807, 2.05) is 72.8 Å². The first-order chi connectivity index (χ1) is 22.3. The molecular weight excluding hydrogens is 658 g/mol. The first kappa shape index (κ1) is 33.2. The van der Waals surface area contributed by atoms with Gasteiger partial charge in [-0.1, -0.05) is 71.7 Å². The van der Waals surface area contributed by atoms with Crippen LogP contribution in [0.15, 0.2) is 102 Å². The minimum Gasteiger partial charge on any atom is -0.475 e. The van der Waals surface area contributed by atoms with Crippen LogP contribution in [0.4, 0.5) is 24.7 Å². The number of benzene rings is 4. The summed E-state index contributed by atoms with van der Waals surface area (Å²) in [6.07, 6.45) is -3.58. The summed E-state index contributed by atoms with van der Waals surface area (Å²) in [7, 11) is 0. The monoisotopic (exact) mass is 681 g/mol. The lowest BCUT2D eigenvalue weighted by molar-refractivity contribution is -0.192. The highest BCUT2D eigenvalue weighted by Gasteiger charge is 2.38. The lowest BCUT2D eigenvalue weighted by atomic mass is 9.87. The summed E-state index contributed by atoms with van der Waals surface area (Å²) in [4.78, 5) is 30.2. The van der Waals surface area contributed by atoms with Crippen molar-refractivity contribution in [2.45, 2.75) is 18.1 Å². The van der Waals surface area contributed by atoms with E-state index in [2.05, 4.69) is 15.3 Å². The Kier molecular flexibility index (Phi) is 9.66. The molecule has 0 radical (unpaired) electrons. The molecule has 4 aromatic carbocycles. The van der Waals surface area contributed by atoms with E-state index in [1.54, 1.807) is 18.2 Å². The zero-order valence-corrected chi connectivity index (χ0v) is 25.5. The zero-order chi connectivity index (χ0) is 33.9. The topological polar surface area (TPSA) is 157 Å². The number of fused-ring (bicyclic) bond motifs is 3. The van der Waals surface area contributed by atoms with Gasteiger partial charge in [-0.05, 0) is 47.5 Å². The van der Waals surface area contributed by atoms with Gasteiger partial charge in [0.25, 0.3) is 0 Å². The van der Waals surface area contributed by atoms with Crippen LogP contribution in [0.1, 0.15) is 23.1 Å². The summed E-state index contributed by atoms with van der Waals surface area (Å²) < 4.78 is 37.9.